The highest BCUT2D eigenvalue weighted by atomic mass is 32.2. The minimum absolute atomic E-state index is 0.0298. The molecule has 0 aromatic carbocycles. The van der Waals surface area contributed by atoms with Gasteiger partial charge in [0.15, 0.2) is 0 Å². The van der Waals surface area contributed by atoms with E-state index in [-0.39, 0.29) is 12.1 Å². The van der Waals surface area contributed by atoms with E-state index in [9.17, 15) is 18.0 Å². The number of nitrogens with zero attached hydrogens (tertiary/aromatic N) is 3. The summed E-state index contributed by atoms with van der Waals surface area (Å²) in [5.41, 5.74) is 5.58. The van der Waals surface area contributed by atoms with Gasteiger partial charge in [0.05, 0.1) is 6.04 Å². The number of carbonyl (C=O) groups excluding carboxylic acids is 2. The molecule has 0 radical (unpaired) electrons. The quantitative estimate of drug-likeness (QED) is 0.406. The molecule has 3 amide bonds. The summed E-state index contributed by atoms with van der Waals surface area (Å²) in [6.45, 7) is 3.57. The molecular formula is C14H25N5O5S. The van der Waals surface area contributed by atoms with Crippen molar-refractivity contribution in [3.05, 3.63) is 0 Å². The lowest BCUT2D eigenvalue weighted by Crippen LogP contribution is -2.69. The minimum Gasteiger partial charge on any atom is -0.335 e. The third kappa shape index (κ3) is 3.59. The molecule has 142 valence electrons. The van der Waals surface area contributed by atoms with Crippen molar-refractivity contribution in [2.75, 3.05) is 32.7 Å². The Bertz CT molecular complexity index is 642. The van der Waals surface area contributed by atoms with Crippen molar-refractivity contribution in [1.29, 1.82) is 0 Å². The van der Waals surface area contributed by atoms with Crippen molar-refractivity contribution in [2.45, 2.75) is 43.8 Å². The van der Waals surface area contributed by atoms with E-state index >= 15 is 0 Å². The molecule has 10 nitrogen and oxygen atoms in total. The van der Waals surface area contributed by atoms with Gasteiger partial charge in [0, 0.05) is 32.2 Å². The van der Waals surface area contributed by atoms with Gasteiger partial charge in [-0.3, -0.25) is 9.35 Å². The highest BCUT2D eigenvalue weighted by Crippen LogP contribution is 2.35. The second-order valence-electron chi connectivity index (χ2n) is 6.81. The molecule has 0 aliphatic carbocycles. The Morgan fingerprint density at radius 2 is 2.00 bits per heavy atom. The molecule has 0 spiro atoms. The maximum atomic E-state index is 12.5. The van der Waals surface area contributed by atoms with Gasteiger partial charge in [-0.25, -0.2) is 9.10 Å². The van der Waals surface area contributed by atoms with Gasteiger partial charge in [-0.05, 0) is 32.2 Å². The van der Waals surface area contributed by atoms with Gasteiger partial charge in [0.25, 0.3) is 5.91 Å². The maximum Gasteiger partial charge on any atom is 0.362 e. The summed E-state index contributed by atoms with van der Waals surface area (Å²) in [4.78, 5) is 28.2. The van der Waals surface area contributed by atoms with Crippen molar-refractivity contribution in [3.8, 4) is 0 Å². The highest BCUT2D eigenvalue weighted by Gasteiger charge is 2.60. The summed E-state index contributed by atoms with van der Waals surface area (Å²) in [5.74, 6) is -0.741. The molecule has 3 fully saturated rings. The van der Waals surface area contributed by atoms with Crippen LogP contribution < -0.4 is 11.1 Å². The van der Waals surface area contributed by atoms with E-state index in [1.807, 2.05) is 0 Å². The summed E-state index contributed by atoms with van der Waals surface area (Å²) < 4.78 is 32.0. The lowest BCUT2D eigenvalue weighted by molar-refractivity contribution is -0.143. The molecule has 0 aromatic heterocycles. The number of carbonyl (C=O) groups is 2. The third-order valence-corrected chi connectivity index (χ3v) is 6.19. The molecule has 11 heteroatoms. The zero-order valence-corrected chi connectivity index (χ0v) is 14.8. The van der Waals surface area contributed by atoms with Crippen LogP contribution in [0.5, 0.6) is 0 Å². The minimum atomic E-state index is -4.55. The molecule has 4 N–H and O–H groups in total. The van der Waals surface area contributed by atoms with Crippen LogP contribution in [0.2, 0.25) is 0 Å². The Hall–Kier alpha value is -1.43. The molecule has 3 atom stereocenters. The van der Waals surface area contributed by atoms with Gasteiger partial charge in [0.2, 0.25) is 0 Å². The number of nitrogens with one attached hydrogen (secondary N) is 1. The van der Waals surface area contributed by atoms with Gasteiger partial charge in [0.1, 0.15) is 6.04 Å². The van der Waals surface area contributed by atoms with Crippen LogP contribution in [0, 0.1) is 0 Å². The van der Waals surface area contributed by atoms with E-state index in [4.69, 9.17) is 10.3 Å². The van der Waals surface area contributed by atoms with Crippen LogP contribution in [0.15, 0.2) is 0 Å². The summed E-state index contributed by atoms with van der Waals surface area (Å²) in [6.07, 6.45) is 2.99. The first-order valence-corrected chi connectivity index (χ1v) is 10.0. The normalized spacial score (nSPS) is 30.6. The lowest BCUT2D eigenvalue weighted by atomic mass is 10.0. The van der Waals surface area contributed by atoms with Gasteiger partial charge >= 0.3 is 16.3 Å². The zero-order chi connectivity index (χ0) is 18.2. The maximum absolute atomic E-state index is 12.5. The molecule has 0 bridgehead atoms. The fourth-order valence-electron chi connectivity index (χ4n) is 4.01. The van der Waals surface area contributed by atoms with Crippen molar-refractivity contribution in [2.24, 2.45) is 5.73 Å². The molecular weight excluding hydrogens is 350 g/mol. The first-order chi connectivity index (χ1) is 11.8. The predicted molar refractivity (Wildman–Crippen MR) is 89.0 cm³/mol. The third-order valence-electron chi connectivity index (χ3n) is 5.24. The topological polar surface area (TPSA) is 136 Å². The van der Waals surface area contributed by atoms with Gasteiger partial charge in [-0.2, -0.15) is 8.42 Å². The largest absolute Gasteiger partial charge is 0.362 e. The monoisotopic (exact) mass is 375 g/mol. The van der Waals surface area contributed by atoms with Crippen LogP contribution in [0.25, 0.3) is 0 Å². The van der Waals surface area contributed by atoms with E-state index in [0.717, 1.165) is 38.9 Å². The molecule has 3 aliphatic heterocycles. The number of likely N-dealkylation sites (tertiary alicyclic amines) is 2. The number of nitrogens with two attached hydrogens (primary N) is 1. The lowest BCUT2D eigenvalue weighted by Gasteiger charge is -2.42. The van der Waals surface area contributed by atoms with E-state index in [0.29, 0.717) is 23.8 Å². The first-order valence-electron chi connectivity index (χ1n) is 8.63. The highest BCUT2D eigenvalue weighted by molar-refractivity contribution is 7.84. The Balaban J connectivity index is 1.56. The number of amides is 3. The standard InChI is InChI=1S/C14H25N5O5S/c15-5-9-17-6-1-2-10(3-7-17)16-14(21)18-8-4-11-12(18)13(20)19(11)25(22,23)24/h10-12H,1-9,15H2,(H,16,21)(H,22,23,24). The van der Waals surface area contributed by atoms with Crippen LogP contribution in [0.1, 0.15) is 25.7 Å². The number of urea groups is 1. The summed E-state index contributed by atoms with van der Waals surface area (Å²) in [6, 6.07) is -1.75. The average Bonchev–Trinajstić information content (AvgIpc) is 2.75. The van der Waals surface area contributed by atoms with Crippen molar-refractivity contribution in [3.63, 3.8) is 0 Å². The zero-order valence-electron chi connectivity index (χ0n) is 14.0. The van der Waals surface area contributed by atoms with Gasteiger partial charge in [-0.1, -0.05) is 0 Å². The molecule has 3 unspecified atom stereocenters. The number of rotatable bonds is 4. The molecule has 0 aromatic rings. The van der Waals surface area contributed by atoms with E-state index in [2.05, 4.69) is 10.2 Å². The second-order valence-corrected chi connectivity index (χ2v) is 8.10. The number of hydrogen-bond donors (Lipinski definition) is 3. The first kappa shape index (κ1) is 18.4. The van der Waals surface area contributed by atoms with Gasteiger partial charge < -0.3 is 20.9 Å². The van der Waals surface area contributed by atoms with Crippen LogP contribution in [0.4, 0.5) is 4.79 Å². The van der Waals surface area contributed by atoms with Crippen molar-refractivity contribution >= 4 is 22.2 Å². The van der Waals surface area contributed by atoms with Crippen LogP contribution in [0.3, 0.4) is 0 Å². The molecule has 3 aliphatic rings. The summed E-state index contributed by atoms with van der Waals surface area (Å²) in [7, 11) is -4.55. The second kappa shape index (κ2) is 7.06. The summed E-state index contributed by atoms with van der Waals surface area (Å²) in [5, 5.41) is 2.97. The SMILES string of the molecule is NCCN1CCCC(NC(=O)N2CCC3C2C(=O)N3S(=O)(=O)O)CC1. The number of β-lactam (4-membered cyclic amide) rings is 1. The fraction of sp³-hybridized carbons (Fsp3) is 0.857. The Morgan fingerprint density at radius 3 is 2.68 bits per heavy atom. The Labute approximate surface area is 147 Å². The van der Waals surface area contributed by atoms with Crippen molar-refractivity contribution in [1.82, 2.24) is 19.4 Å². The molecule has 3 rings (SSSR count). The van der Waals surface area contributed by atoms with E-state index < -0.39 is 28.3 Å². The van der Waals surface area contributed by atoms with E-state index in [1.165, 1.54) is 4.90 Å². The molecule has 0 saturated carbocycles. The average molecular weight is 375 g/mol. The van der Waals surface area contributed by atoms with E-state index in [1.54, 1.807) is 0 Å². The molecule has 25 heavy (non-hydrogen) atoms. The predicted octanol–water partition coefficient (Wildman–Crippen LogP) is -1.40. The molecule has 3 saturated heterocycles. The Kier molecular flexibility index (Phi) is 5.19. The number of hydrogen-bond acceptors (Lipinski definition) is 6. The Morgan fingerprint density at radius 1 is 1.24 bits per heavy atom. The molecule has 3 heterocycles. The summed E-state index contributed by atoms with van der Waals surface area (Å²) >= 11 is 0. The van der Waals surface area contributed by atoms with Crippen LogP contribution in [-0.2, 0) is 15.1 Å². The van der Waals surface area contributed by atoms with Crippen LogP contribution >= 0.6 is 0 Å². The van der Waals surface area contributed by atoms with Crippen LogP contribution in [-0.4, -0.2) is 89.9 Å². The smallest absolute Gasteiger partial charge is 0.335 e. The fourth-order valence-corrected chi connectivity index (χ4v) is 4.91. The van der Waals surface area contributed by atoms with Gasteiger partial charge in [-0.15, -0.1) is 0 Å². The number of fused-ring (bicyclic) bond motifs is 1. The van der Waals surface area contributed by atoms with Crippen molar-refractivity contribution < 1.29 is 22.6 Å².